The number of aryl methyl sites for hydroxylation is 1. The van der Waals surface area contributed by atoms with Gasteiger partial charge in [-0.3, -0.25) is 14.4 Å². The number of alkyl halides is 3. The molecule has 0 aromatic carbocycles. The number of piperidine rings is 1. The largest absolute Gasteiger partial charge is 0.405 e. The number of fused-ring (bicyclic) bond motifs is 3. The first-order chi connectivity index (χ1) is 14.1. The average Bonchev–Trinajstić information content (AvgIpc) is 3.40. The fourth-order valence-corrected chi connectivity index (χ4v) is 4.57. The van der Waals surface area contributed by atoms with Gasteiger partial charge in [-0.15, -0.1) is 0 Å². The van der Waals surface area contributed by atoms with Crippen LogP contribution in [0.25, 0.3) is 10.9 Å². The Bertz CT molecular complexity index is 1040. The molecule has 162 valence electrons. The number of H-pyrrole nitrogens is 1. The van der Waals surface area contributed by atoms with Crippen LogP contribution in [0.5, 0.6) is 0 Å². The third kappa shape index (κ3) is 3.81. The number of amides is 2. The molecule has 2 aromatic rings. The molecule has 3 N–H and O–H groups in total. The standard InChI is InChI=1S/C19H22F3N5O3/c1-26-3-2-11-16(26)12(7-24-17(11)29)18(30)27(8-15(28)25-9-19(20,21)22)14-5-10-4-13(14)23-6-10/h2-3,7,10,13-14,23H,4-6,8-9H2,1H3,(H,24,29)(H,25,28). The monoisotopic (exact) mass is 425 g/mol. The molecular weight excluding hydrogens is 403 g/mol. The van der Waals surface area contributed by atoms with Crippen LogP contribution < -0.4 is 16.2 Å². The number of carbonyl (C=O) groups is 2. The second-order valence-electron chi connectivity index (χ2n) is 7.96. The first-order valence-electron chi connectivity index (χ1n) is 9.68. The molecule has 0 spiro atoms. The summed E-state index contributed by atoms with van der Waals surface area (Å²) in [6.45, 7) is -1.12. The molecule has 11 heteroatoms. The second-order valence-corrected chi connectivity index (χ2v) is 7.96. The number of nitrogens with one attached hydrogen (secondary N) is 3. The lowest BCUT2D eigenvalue weighted by Gasteiger charge is -2.35. The fraction of sp³-hybridized carbons (Fsp3) is 0.526. The maximum Gasteiger partial charge on any atom is 0.405 e. The van der Waals surface area contributed by atoms with Gasteiger partial charge < -0.3 is 25.1 Å². The van der Waals surface area contributed by atoms with Crippen molar-refractivity contribution < 1.29 is 22.8 Å². The Morgan fingerprint density at radius 2 is 2.10 bits per heavy atom. The molecule has 30 heavy (non-hydrogen) atoms. The molecule has 4 rings (SSSR count). The van der Waals surface area contributed by atoms with E-state index >= 15 is 0 Å². The van der Waals surface area contributed by atoms with Gasteiger partial charge in [-0.05, 0) is 31.4 Å². The summed E-state index contributed by atoms with van der Waals surface area (Å²) in [7, 11) is 1.69. The van der Waals surface area contributed by atoms with Crippen molar-refractivity contribution in [2.75, 3.05) is 19.6 Å². The lowest BCUT2D eigenvalue weighted by Crippen LogP contribution is -2.54. The van der Waals surface area contributed by atoms with Gasteiger partial charge in [0.2, 0.25) is 5.91 Å². The number of halogens is 3. The lowest BCUT2D eigenvalue weighted by atomic mass is 10.0. The minimum atomic E-state index is -4.54. The Balaban J connectivity index is 1.65. The van der Waals surface area contributed by atoms with Crippen molar-refractivity contribution in [1.82, 2.24) is 25.1 Å². The average molecular weight is 425 g/mol. The number of nitrogens with zero attached hydrogens (tertiary/aromatic N) is 2. The van der Waals surface area contributed by atoms with Crippen molar-refractivity contribution in [3.63, 3.8) is 0 Å². The number of hydrogen-bond donors (Lipinski definition) is 3. The molecule has 3 atom stereocenters. The van der Waals surface area contributed by atoms with Crippen molar-refractivity contribution in [3.05, 3.63) is 34.4 Å². The van der Waals surface area contributed by atoms with E-state index in [0.717, 1.165) is 13.0 Å². The highest BCUT2D eigenvalue weighted by Crippen LogP contribution is 2.35. The molecule has 2 fully saturated rings. The highest BCUT2D eigenvalue weighted by Gasteiger charge is 2.44. The fourth-order valence-electron chi connectivity index (χ4n) is 4.57. The third-order valence-electron chi connectivity index (χ3n) is 5.91. The zero-order chi connectivity index (χ0) is 21.6. The Labute approximate surface area is 169 Å². The van der Waals surface area contributed by atoms with E-state index in [9.17, 15) is 27.6 Å². The van der Waals surface area contributed by atoms with Crippen LogP contribution in [0.1, 0.15) is 23.2 Å². The van der Waals surface area contributed by atoms with E-state index in [1.807, 2.05) is 5.32 Å². The second kappa shape index (κ2) is 7.46. The number of carbonyl (C=O) groups excluding carboxylic acids is 2. The summed E-state index contributed by atoms with van der Waals surface area (Å²) >= 11 is 0. The number of rotatable bonds is 5. The number of aromatic amines is 1. The highest BCUT2D eigenvalue weighted by molar-refractivity contribution is 6.06. The van der Waals surface area contributed by atoms with Gasteiger partial charge in [0.1, 0.15) is 13.1 Å². The van der Waals surface area contributed by atoms with Gasteiger partial charge in [0.25, 0.3) is 11.5 Å². The summed E-state index contributed by atoms with van der Waals surface area (Å²) in [5, 5.41) is 5.47. The third-order valence-corrected chi connectivity index (χ3v) is 5.91. The molecule has 1 saturated heterocycles. The van der Waals surface area contributed by atoms with Gasteiger partial charge in [-0.2, -0.15) is 13.2 Å². The van der Waals surface area contributed by atoms with Crippen LogP contribution >= 0.6 is 0 Å². The van der Waals surface area contributed by atoms with E-state index in [4.69, 9.17) is 0 Å². The van der Waals surface area contributed by atoms with Crippen LogP contribution in [0.3, 0.4) is 0 Å². The van der Waals surface area contributed by atoms with E-state index in [2.05, 4.69) is 10.3 Å². The molecule has 1 aliphatic heterocycles. The summed E-state index contributed by atoms with van der Waals surface area (Å²) in [4.78, 5) is 41.7. The maximum absolute atomic E-state index is 13.5. The minimum Gasteiger partial charge on any atom is -0.350 e. The topological polar surface area (TPSA) is 99.2 Å². The highest BCUT2D eigenvalue weighted by atomic mass is 19.4. The SMILES string of the molecule is Cn1ccc2c(=O)[nH]cc(C(=O)N(CC(=O)NCC(F)(F)F)C3CC4CNC3C4)c21. The van der Waals surface area contributed by atoms with Crippen LogP contribution in [0.2, 0.25) is 0 Å². The van der Waals surface area contributed by atoms with Gasteiger partial charge in [-0.25, -0.2) is 0 Å². The van der Waals surface area contributed by atoms with Crippen LogP contribution in [-0.4, -0.2) is 64.2 Å². The summed E-state index contributed by atoms with van der Waals surface area (Å²) < 4.78 is 39.1. The number of aromatic nitrogens is 2. The molecule has 2 amide bonds. The van der Waals surface area contributed by atoms with Crippen molar-refractivity contribution in [3.8, 4) is 0 Å². The predicted molar refractivity (Wildman–Crippen MR) is 102 cm³/mol. The van der Waals surface area contributed by atoms with E-state index < -0.39 is 31.1 Å². The zero-order valence-electron chi connectivity index (χ0n) is 16.3. The van der Waals surface area contributed by atoms with Gasteiger partial charge >= 0.3 is 6.18 Å². The maximum atomic E-state index is 13.5. The van der Waals surface area contributed by atoms with Crippen LogP contribution in [0.4, 0.5) is 13.2 Å². The van der Waals surface area contributed by atoms with E-state index in [1.165, 1.54) is 11.1 Å². The molecular formula is C19H22F3N5O3. The summed E-state index contributed by atoms with van der Waals surface area (Å²) in [6, 6.07) is 1.26. The Morgan fingerprint density at radius 1 is 1.33 bits per heavy atom. The minimum absolute atomic E-state index is 0.0129. The molecule has 1 saturated carbocycles. The molecule has 2 bridgehead atoms. The van der Waals surface area contributed by atoms with E-state index in [0.29, 0.717) is 23.2 Å². The number of pyridine rings is 1. The van der Waals surface area contributed by atoms with Crippen molar-refractivity contribution in [2.24, 2.45) is 13.0 Å². The van der Waals surface area contributed by atoms with Crippen molar-refractivity contribution >= 4 is 22.7 Å². The van der Waals surface area contributed by atoms with Crippen molar-refractivity contribution in [1.29, 1.82) is 0 Å². The van der Waals surface area contributed by atoms with Gasteiger partial charge in [0, 0.05) is 31.5 Å². The van der Waals surface area contributed by atoms with Gasteiger partial charge in [-0.1, -0.05) is 0 Å². The number of hydrogen-bond acceptors (Lipinski definition) is 4. The van der Waals surface area contributed by atoms with Crippen molar-refractivity contribution in [2.45, 2.75) is 31.1 Å². The quantitative estimate of drug-likeness (QED) is 0.658. The summed E-state index contributed by atoms with van der Waals surface area (Å²) in [5.74, 6) is -1.02. The van der Waals surface area contributed by atoms with Crippen LogP contribution in [0, 0.1) is 5.92 Å². The van der Waals surface area contributed by atoms with Gasteiger partial charge in [0.15, 0.2) is 0 Å². The molecule has 3 unspecified atom stereocenters. The first-order valence-corrected chi connectivity index (χ1v) is 9.68. The molecule has 2 aliphatic rings. The van der Waals surface area contributed by atoms with Crippen LogP contribution in [0.15, 0.2) is 23.3 Å². The Hall–Kier alpha value is -2.82. The van der Waals surface area contributed by atoms with E-state index in [1.54, 1.807) is 23.9 Å². The zero-order valence-corrected chi connectivity index (χ0v) is 16.3. The Morgan fingerprint density at radius 3 is 2.73 bits per heavy atom. The molecule has 0 radical (unpaired) electrons. The summed E-state index contributed by atoms with van der Waals surface area (Å²) in [5.41, 5.74) is 0.266. The molecule has 3 heterocycles. The normalized spacial score (nSPS) is 23.1. The first kappa shape index (κ1) is 20.5. The van der Waals surface area contributed by atoms with Gasteiger partial charge in [0.05, 0.1) is 16.5 Å². The molecule has 8 nitrogen and oxygen atoms in total. The predicted octanol–water partition coefficient (Wildman–Crippen LogP) is 0.738. The van der Waals surface area contributed by atoms with E-state index in [-0.39, 0.29) is 23.2 Å². The van der Waals surface area contributed by atoms with Crippen LogP contribution in [-0.2, 0) is 11.8 Å². The summed E-state index contributed by atoms with van der Waals surface area (Å²) in [6.07, 6.45) is -0.0591. The molecule has 1 aliphatic carbocycles. The Kier molecular flexibility index (Phi) is 5.08. The smallest absolute Gasteiger partial charge is 0.350 e. The lowest BCUT2D eigenvalue weighted by molar-refractivity contribution is -0.139. The molecule has 2 aromatic heterocycles.